The largest absolute Gasteiger partial charge is 0.423 e. The molecule has 6 nitrogen and oxygen atoms in total. The maximum Gasteiger partial charge on any atom is 0.336 e. The van der Waals surface area contributed by atoms with E-state index in [4.69, 9.17) is 4.42 Å². The van der Waals surface area contributed by atoms with E-state index in [0.29, 0.717) is 23.4 Å². The molecule has 6 heteroatoms. The Morgan fingerprint density at radius 1 is 0.938 bits per heavy atom. The Labute approximate surface area is 183 Å². The fraction of sp³-hybridized carbons (Fsp3) is 0.0385. The minimum absolute atomic E-state index is 0.210. The summed E-state index contributed by atoms with van der Waals surface area (Å²) in [5.74, 6) is -0.210. The van der Waals surface area contributed by atoms with Gasteiger partial charge in [0, 0.05) is 35.1 Å². The first-order valence-electron chi connectivity index (χ1n) is 10.2. The number of carbonyl (C=O) groups excluding carboxylic acids is 1. The van der Waals surface area contributed by atoms with Crippen molar-refractivity contribution in [3.05, 3.63) is 119 Å². The van der Waals surface area contributed by atoms with Crippen LogP contribution >= 0.6 is 0 Å². The van der Waals surface area contributed by atoms with Gasteiger partial charge in [0.2, 0.25) is 0 Å². The van der Waals surface area contributed by atoms with E-state index in [1.54, 1.807) is 30.5 Å². The summed E-state index contributed by atoms with van der Waals surface area (Å²) >= 11 is 0. The van der Waals surface area contributed by atoms with Gasteiger partial charge in [-0.05, 0) is 53.1 Å². The molecule has 1 amide bonds. The Morgan fingerprint density at radius 3 is 2.59 bits per heavy atom. The quantitative estimate of drug-likeness (QED) is 0.407. The second-order valence-electron chi connectivity index (χ2n) is 7.41. The number of nitrogens with one attached hydrogen (secondary N) is 1. The first kappa shape index (κ1) is 19.5. The Morgan fingerprint density at radius 2 is 1.78 bits per heavy atom. The SMILES string of the molecule is O=C(Nc1ccc2oc(=O)ccc2c1)c1ccccc1-c1ccc(Cn2cccn2)cc1. The number of fused-ring (bicyclic) bond motifs is 1. The molecule has 0 bridgehead atoms. The molecule has 5 rings (SSSR count). The van der Waals surface area contributed by atoms with Gasteiger partial charge in [0.15, 0.2) is 0 Å². The van der Waals surface area contributed by atoms with Crippen molar-refractivity contribution in [2.45, 2.75) is 6.54 Å². The summed E-state index contributed by atoms with van der Waals surface area (Å²) in [6.07, 6.45) is 3.68. The Balaban J connectivity index is 1.39. The van der Waals surface area contributed by atoms with Crippen LogP contribution in [0.2, 0.25) is 0 Å². The van der Waals surface area contributed by atoms with Crippen LogP contribution in [0.25, 0.3) is 22.1 Å². The zero-order chi connectivity index (χ0) is 21.9. The predicted octanol–water partition coefficient (Wildman–Crippen LogP) is 4.96. The molecule has 0 spiro atoms. The van der Waals surface area contributed by atoms with Gasteiger partial charge in [0.1, 0.15) is 5.58 Å². The van der Waals surface area contributed by atoms with Crippen molar-refractivity contribution < 1.29 is 9.21 Å². The molecule has 0 fully saturated rings. The molecule has 0 radical (unpaired) electrons. The third kappa shape index (κ3) is 4.06. The van der Waals surface area contributed by atoms with Crippen LogP contribution in [-0.2, 0) is 6.54 Å². The van der Waals surface area contributed by atoms with Crippen LogP contribution in [0.1, 0.15) is 15.9 Å². The zero-order valence-electron chi connectivity index (χ0n) is 17.1. The van der Waals surface area contributed by atoms with Gasteiger partial charge < -0.3 is 9.73 Å². The van der Waals surface area contributed by atoms with E-state index < -0.39 is 5.63 Å². The summed E-state index contributed by atoms with van der Waals surface area (Å²) in [6.45, 7) is 0.692. The molecule has 0 aliphatic rings. The zero-order valence-corrected chi connectivity index (χ0v) is 17.1. The van der Waals surface area contributed by atoms with Gasteiger partial charge in [-0.25, -0.2) is 4.79 Å². The summed E-state index contributed by atoms with van der Waals surface area (Å²) in [5.41, 5.74) is 4.21. The van der Waals surface area contributed by atoms with Crippen LogP contribution in [0.3, 0.4) is 0 Å². The van der Waals surface area contributed by atoms with Crippen molar-refractivity contribution in [2.24, 2.45) is 0 Å². The normalized spacial score (nSPS) is 10.9. The third-order valence-electron chi connectivity index (χ3n) is 5.22. The van der Waals surface area contributed by atoms with Gasteiger partial charge >= 0.3 is 5.63 Å². The van der Waals surface area contributed by atoms with Crippen molar-refractivity contribution in [2.75, 3.05) is 5.32 Å². The lowest BCUT2D eigenvalue weighted by atomic mass is 9.98. The first-order valence-corrected chi connectivity index (χ1v) is 10.2. The molecule has 0 saturated carbocycles. The van der Waals surface area contributed by atoms with E-state index in [0.717, 1.165) is 22.1 Å². The number of nitrogens with zero attached hydrogens (tertiary/aromatic N) is 2. The van der Waals surface area contributed by atoms with Crippen molar-refractivity contribution in [1.82, 2.24) is 9.78 Å². The van der Waals surface area contributed by atoms with E-state index in [9.17, 15) is 9.59 Å². The predicted molar refractivity (Wildman–Crippen MR) is 124 cm³/mol. The average Bonchev–Trinajstić information content (AvgIpc) is 3.33. The molecule has 32 heavy (non-hydrogen) atoms. The molecule has 2 aromatic heterocycles. The van der Waals surface area contributed by atoms with Gasteiger partial charge in [-0.2, -0.15) is 5.10 Å². The highest BCUT2D eigenvalue weighted by Gasteiger charge is 2.13. The summed E-state index contributed by atoms with van der Waals surface area (Å²) < 4.78 is 7.02. The monoisotopic (exact) mass is 421 g/mol. The lowest BCUT2D eigenvalue weighted by Crippen LogP contribution is -2.13. The molecular formula is C26H19N3O3. The van der Waals surface area contributed by atoms with E-state index >= 15 is 0 Å². The number of amides is 1. The molecule has 156 valence electrons. The van der Waals surface area contributed by atoms with Crippen LogP contribution in [0.4, 0.5) is 5.69 Å². The van der Waals surface area contributed by atoms with Crippen molar-refractivity contribution in [1.29, 1.82) is 0 Å². The smallest absolute Gasteiger partial charge is 0.336 e. The number of anilines is 1. The van der Waals surface area contributed by atoms with E-state index in [1.807, 2.05) is 65.5 Å². The summed E-state index contributed by atoms with van der Waals surface area (Å²) in [5, 5.41) is 7.92. The van der Waals surface area contributed by atoms with Crippen LogP contribution in [0, 0.1) is 0 Å². The fourth-order valence-electron chi connectivity index (χ4n) is 3.65. The average molecular weight is 421 g/mol. The molecular weight excluding hydrogens is 402 g/mol. The highest BCUT2D eigenvalue weighted by atomic mass is 16.4. The van der Waals surface area contributed by atoms with Gasteiger partial charge in [-0.15, -0.1) is 0 Å². The minimum atomic E-state index is -0.404. The molecule has 0 aliphatic heterocycles. The first-order chi connectivity index (χ1) is 15.7. The molecule has 2 heterocycles. The Kier molecular flexibility index (Phi) is 5.09. The van der Waals surface area contributed by atoms with E-state index in [1.165, 1.54) is 6.07 Å². The second kappa shape index (κ2) is 8.35. The topological polar surface area (TPSA) is 77.1 Å². The number of aromatic nitrogens is 2. The molecule has 1 N–H and O–H groups in total. The number of rotatable bonds is 5. The number of hydrogen-bond acceptors (Lipinski definition) is 4. The Hall–Kier alpha value is -4.45. The van der Waals surface area contributed by atoms with Crippen molar-refractivity contribution in [3.63, 3.8) is 0 Å². The lowest BCUT2D eigenvalue weighted by molar-refractivity contribution is 0.102. The van der Waals surface area contributed by atoms with Crippen LogP contribution in [-0.4, -0.2) is 15.7 Å². The minimum Gasteiger partial charge on any atom is -0.423 e. The van der Waals surface area contributed by atoms with Crippen molar-refractivity contribution in [3.8, 4) is 11.1 Å². The fourth-order valence-corrected chi connectivity index (χ4v) is 3.65. The van der Waals surface area contributed by atoms with E-state index in [-0.39, 0.29) is 5.91 Å². The van der Waals surface area contributed by atoms with Crippen LogP contribution in [0.15, 0.2) is 107 Å². The summed E-state index contributed by atoms with van der Waals surface area (Å²) in [6, 6.07) is 25.7. The maximum atomic E-state index is 13.1. The molecule has 0 unspecified atom stereocenters. The number of carbonyl (C=O) groups is 1. The number of benzene rings is 3. The highest BCUT2D eigenvalue weighted by Crippen LogP contribution is 2.26. The highest BCUT2D eigenvalue weighted by molar-refractivity contribution is 6.09. The summed E-state index contributed by atoms with van der Waals surface area (Å²) in [4.78, 5) is 24.4. The molecule has 3 aromatic carbocycles. The van der Waals surface area contributed by atoms with Gasteiger partial charge in [0.05, 0.1) is 6.54 Å². The Bertz CT molecular complexity index is 1450. The van der Waals surface area contributed by atoms with Crippen LogP contribution in [0.5, 0.6) is 0 Å². The molecule has 5 aromatic rings. The molecule has 0 aliphatic carbocycles. The maximum absolute atomic E-state index is 13.1. The second-order valence-corrected chi connectivity index (χ2v) is 7.41. The van der Waals surface area contributed by atoms with Gasteiger partial charge in [0.25, 0.3) is 5.91 Å². The van der Waals surface area contributed by atoms with Crippen molar-refractivity contribution >= 4 is 22.6 Å². The summed E-state index contributed by atoms with van der Waals surface area (Å²) in [7, 11) is 0. The standard InChI is InChI=1S/C26H19N3O3/c30-25-13-10-20-16-21(11-12-24(20)32-25)28-26(31)23-5-2-1-4-22(23)19-8-6-18(7-9-19)17-29-15-3-14-27-29/h1-16H,17H2,(H,28,31). The van der Waals surface area contributed by atoms with Gasteiger partial charge in [-0.3, -0.25) is 9.48 Å². The molecule has 0 atom stereocenters. The van der Waals surface area contributed by atoms with Crippen LogP contribution < -0.4 is 10.9 Å². The molecule has 0 saturated heterocycles. The lowest BCUT2D eigenvalue weighted by Gasteiger charge is -2.12. The van der Waals surface area contributed by atoms with E-state index in [2.05, 4.69) is 10.4 Å². The number of hydrogen-bond donors (Lipinski definition) is 1. The third-order valence-corrected chi connectivity index (χ3v) is 5.22. The van der Waals surface area contributed by atoms with Gasteiger partial charge in [-0.1, -0.05) is 42.5 Å².